The van der Waals surface area contributed by atoms with Gasteiger partial charge < -0.3 is 15.8 Å². The van der Waals surface area contributed by atoms with Crippen LogP contribution in [0.1, 0.15) is 6.92 Å². The second kappa shape index (κ2) is 8.72. The van der Waals surface area contributed by atoms with E-state index in [9.17, 15) is 31.5 Å². The van der Waals surface area contributed by atoms with Gasteiger partial charge in [0.15, 0.2) is 5.82 Å². The highest BCUT2D eigenvalue weighted by atomic mass is 19.4. The highest BCUT2D eigenvalue weighted by Gasteiger charge is 2.61. The lowest BCUT2D eigenvalue weighted by molar-refractivity contribution is -0.360. The van der Waals surface area contributed by atoms with Gasteiger partial charge in [0.2, 0.25) is 11.9 Å². The summed E-state index contributed by atoms with van der Waals surface area (Å²) in [4.78, 5) is 26.7. The second-order valence-electron chi connectivity index (χ2n) is 6.53. The molecule has 0 fully saturated rings. The Morgan fingerprint density at radius 3 is 2.09 bits per heavy atom. The standard InChI is InChI=1S/C19H15F5N6O3/c1-10(31)26-17-28-15(11-2-4-12(5-3-11)27-16(25)32)29-30(17)13-6-8-14(9-7-13)33-19(23,24)18(20,21)22/h2-9H,1H3,(H3,25,27,32)(H,26,28,29,31). The summed E-state index contributed by atoms with van der Waals surface area (Å²) in [6.07, 6.45) is -11.3. The number of aromatic nitrogens is 3. The predicted molar refractivity (Wildman–Crippen MR) is 106 cm³/mol. The second-order valence-corrected chi connectivity index (χ2v) is 6.53. The molecule has 14 heteroatoms. The quantitative estimate of drug-likeness (QED) is 0.471. The van der Waals surface area contributed by atoms with E-state index in [1.807, 2.05) is 0 Å². The van der Waals surface area contributed by atoms with Gasteiger partial charge in [-0.05, 0) is 48.5 Å². The molecule has 3 rings (SSSR count). The first-order valence-corrected chi connectivity index (χ1v) is 9.01. The fourth-order valence-electron chi connectivity index (χ4n) is 2.56. The van der Waals surface area contributed by atoms with Gasteiger partial charge in [-0.25, -0.2) is 4.79 Å². The van der Waals surface area contributed by atoms with Gasteiger partial charge in [0.25, 0.3) is 0 Å². The van der Waals surface area contributed by atoms with Crippen molar-refractivity contribution in [1.82, 2.24) is 14.8 Å². The van der Waals surface area contributed by atoms with Crippen LogP contribution in [0.15, 0.2) is 48.5 Å². The van der Waals surface area contributed by atoms with Gasteiger partial charge >= 0.3 is 18.3 Å². The predicted octanol–water partition coefficient (Wildman–Crippen LogP) is 3.92. The topological polar surface area (TPSA) is 124 Å². The van der Waals surface area contributed by atoms with Crippen molar-refractivity contribution < 1.29 is 36.3 Å². The Kier molecular flexibility index (Phi) is 6.19. The average Bonchev–Trinajstić information content (AvgIpc) is 3.10. The number of hydrogen-bond donors (Lipinski definition) is 3. The van der Waals surface area contributed by atoms with Gasteiger partial charge in [-0.1, -0.05) is 0 Å². The van der Waals surface area contributed by atoms with E-state index in [4.69, 9.17) is 5.73 Å². The number of anilines is 2. The Balaban J connectivity index is 1.91. The Hall–Kier alpha value is -4.23. The smallest absolute Gasteiger partial charge is 0.426 e. The number of urea groups is 1. The van der Waals surface area contributed by atoms with Crippen LogP contribution in [-0.4, -0.2) is 39.0 Å². The molecule has 0 radical (unpaired) electrons. The highest BCUT2D eigenvalue weighted by molar-refractivity contribution is 5.88. The largest absolute Gasteiger partial charge is 0.499 e. The number of rotatable bonds is 6. The average molecular weight is 470 g/mol. The molecule has 9 nitrogen and oxygen atoms in total. The third kappa shape index (κ3) is 5.53. The molecule has 0 unspecified atom stereocenters. The van der Waals surface area contributed by atoms with Crippen LogP contribution in [0.2, 0.25) is 0 Å². The van der Waals surface area contributed by atoms with Gasteiger partial charge in [0.1, 0.15) is 5.75 Å². The van der Waals surface area contributed by atoms with E-state index in [0.29, 0.717) is 11.3 Å². The molecule has 0 aliphatic carbocycles. The maximum atomic E-state index is 13.1. The van der Waals surface area contributed by atoms with E-state index in [-0.39, 0.29) is 17.5 Å². The number of amides is 3. The molecule has 1 aromatic heterocycles. The van der Waals surface area contributed by atoms with Gasteiger partial charge in [0.05, 0.1) is 5.69 Å². The maximum absolute atomic E-state index is 13.1. The summed E-state index contributed by atoms with van der Waals surface area (Å²) in [5.74, 6) is -1.11. The molecule has 0 bridgehead atoms. The summed E-state index contributed by atoms with van der Waals surface area (Å²) in [5.41, 5.74) is 6.14. The van der Waals surface area contributed by atoms with Crippen molar-refractivity contribution in [2.45, 2.75) is 19.2 Å². The third-order valence-corrected chi connectivity index (χ3v) is 3.96. The molecule has 0 spiro atoms. The summed E-state index contributed by atoms with van der Waals surface area (Å²) in [7, 11) is 0. The highest BCUT2D eigenvalue weighted by Crippen LogP contribution is 2.37. The number of hydrogen-bond acceptors (Lipinski definition) is 5. The first-order chi connectivity index (χ1) is 15.4. The number of nitrogens with one attached hydrogen (secondary N) is 2. The van der Waals surface area contributed by atoms with Crippen molar-refractivity contribution in [3.05, 3.63) is 48.5 Å². The Morgan fingerprint density at radius 2 is 1.58 bits per heavy atom. The van der Waals surface area contributed by atoms with Gasteiger partial charge in [-0.3, -0.25) is 10.1 Å². The maximum Gasteiger partial charge on any atom is 0.499 e. The molecule has 3 amide bonds. The number of nitrogens with zero attached hydrogens (tertiary/aromatic N) is 3. The van der Waals surface area contributed by atoms with Crippen LogP contribution in [0.3, 0.4) is 0 Å². The zero-order valence-corrected chi connectivity index (χ0v) is 16.7. The summed E-state index contributed by atoms with van der Waals surface area (Å²) in [5, 5.41) is 9.08. The van der Waals surface area contributed by atoms with Crippen molar-refractivity contribution in [3.63, 3.8) is 0 Å². The number of halogens is 5. The minimum atomic E-state index is -5.88. The molecule has 3 aromatic rings. The molecular formula is C19H15F5N6O3. The number of primary amides is 1. The normalized spacial score (nSPS) is 11.7. The summed E-state index contributed by atoms with van der Waals surface area (Å²) in [6, 6.07) is 9.54. The van der Waals surface area contributed by atoms with Crippen LogP contribution in [0.5, 0.6) is 5.75 Å². The molecule has 33 heavy (non-hydrogen) atoms. The molecule has 1 heterocycles. The van der Waals surface area contributed by atoms with Gasteiger partial charge in [-0.2, -0.15) is 31.6 Å². The number of alkyl halides is 5. The Morgan fingerprint density at radius 1 is 0.970 bits per heavy atom. The van der Waals surface area contributed by atoms with Crippen molar-refractivity contribution >= 4 is 23.6 Å². The van der Waals surface area contributed by atoms with Crippen molar-refractivity contribution in [3.8, 4) is 22.8 Å². The van der Waals surface area contributed by atoms with E-state index in [0.717, 1.165) is 28.9 Å². The van der Waals surface area contributed by atoms with E-state index < -0.39 is 30.0 Å². The Labute approximate surface area is 182 Å². The summed E-state index contributed by atoms with van der Waals surface area (Å²) < 4.78 is 68.0. The van der Waals surface area contributed by atoms with Crippen molar-refractivity contribution in [2.75, 3.05) is 10.6 Å². The first-order valence-electron chi connectivity index (χ1n) is 9.01. The van der Waals surface area contributed by atoms with Crippen molar-refractivity contribution in [2.24, 2.45) is 5.73 Å². The molecular weight excluding hydrogens is 455 g/mol. The number of nitrogens with two attached hydrogens (primary N) is 1. The van der Waals surface area contributed by atoms with E-state index in [1.165, 1.54) is 19.1 Å². The molecule has 0 aliphatic rings. The molecule has 2 aromatic carbocycles. The number of carbonyl (C=O) groups is 2. The summed E-state index contributed by atoms with van der Waals surface area (Å²) in [6.45, 7) is 1.22. The molecule has 0 aliphatic heterocycles. The molecule has 0 saturated heterocycles. The third-order valence-electron chi connectivity index (χ3n) is 3.96. The molecule has 4 N–H and O–H groups in total. The molecule has 0 atom stereocenters. The van der Waals surface area contributed by atoms with Crippen LogP contribution in [-0.2, 0) is 4.79 Å². The fraction of sp³-hybridized carbons (Fsp3) is 0.158. The van der Waals surface area contributed by atoms with E-state index >= 15 is 0 Å². The zero-order chi connectivity index (χ0) is 24.4. The van der Waals surface area contributed by atoms with Crippen LogP contribution in [0, 0.1) is 0 Å². The Bertz CT molecular complexity index is 1160. The molecule has 174 valence electrons. The van der Waals surface area contributed by atoms with E-state index in [1.54, 1.807) is 12.1 Å². The van der Waals surface area contributed by atoms with Crippen molar-refractivity contribution in [1.29, 1.82) is 0 Å². The summed E-state index contributed by atoms with van der Waals surface area (Å²) >= 11 is 0. The monoisotopic (exact) mass is 470 g/mol. The lowest BCUT2D eigenvalue weighted by Crippen LogP contribution is -2.41. The first kappa shape index (κ1) is 23.4. The van der Waals surface area contributed by atoms with Gasteiger partial charge in [-0.15, -0.1) is 5.10 Å². The number of carbonyl (C=O) groups excluding carboxylic acids is 2. The SMILES string of the molecule is CC(=O)Nc1nc(-c2ccc(NC(N)=O)cc2)nn1-c1ccc(OC(F)(F)C(F)(F)F)cc1. The minimum Gasteiger partial charge on any atom is -0.426 e. The van der Waals surface area contributed by atoms with E-state index in [2.05, 4.69) is 25.5 Å². The number of benzene rings is 2. The zero-order valence-electron chi connectivity index (χ0n) is 16.7. The number of ether oxygens (including phenoxy) is 1. The lowest BCUT2D eigenvalue weighted by atomic mass is 10.2. The van der Waals surface area contributed by atoms with Crippen LogP contribution >= 0.6 is 0 Å². The molecule has 0 saturated carbocycles. The lowest BCUT2D eigenvalue weighted by Gasteiger charge is -2.20. The van der Waals surface area contributed by atoms with Crippen LogP contribution in [0.25, 0.3) is 17.1 Å². The van der Waals surface area contributed by atoms with Gasteiger partial charge in [0, 0.05) is 18.2 Å². The van der Waals surface area contributed by atoms with Crippen LogP contribution < -0.4 is 21.1 Å². The van der Waals surface area contributed by atoms with Crippen LogP contribution in [0.4, 0.5) is 38.4 Å². The minimum absolute atomic E-state index is 0.0360. The fourth-order valence-corrected chi connectivity index (χ4v) is 2.56.